The first-order valence-electron chi connectivity index (χ1n) is 4.76. The van der Waals surface area contributed by atoms with Crippen LogP contribution in [0.1, 0.15) is 19.8 Å². The number of alkyl halides is 1. The third-order valence-electron chi connectivity index (χ3n) is 2.16. The van der Waals surface area contributed by atoms with Crippen molar-refractivity contribution in [1.82, 2.24) is 4.90 Å². The van der Waals surface area contributed by atoms with Crippen LogP contribution < -0.4 is 0 Å². The van der Waals surface area contributed by atoms with Gasteiger partial charge in [-0.3, -0.25) is 4.90 Å². The minimum absolute atomic E-state index is 0.785. The van der Waals surface area contributed by atoms with Crippen LogP contribution in [0.4, 0.5) is 0 Å². The van der Waals surface area contributed by atoms with E-state index in [9.17, 15) is 0 Å². The lowest BCUT2D eigenvalue weighted by Crippen LogP contribution is -2.30. The molecule has 72 valence electrons. The van der Waals surface area contributed by atoms with Gasteiger partial charge in [0, 0.05) is 30.8 Å². The normalized spacial score (nSPS) is 17.2. The molecule has 0 radical (unpaired) electrons. The van der Waals surface area contributed by atoms with E-state index in [-0.39, 0.29) is 0 Å². The predicted molar refractivity (Wildman–Crippen MR) is 58.3 cm³/mol. The van der Waals surface area contributed by atoms with E-state index >= 15 is 0 Å². The Balaban J connectivity index is 2.05. The Bertz CT molecular complexity index is 117. The second kappa shape index (κ2) is 6.11. The summed E-state index contributed by atoms with van der Waals surface area (Å²) in [6, 6.07) is 0.876. The van der Waals surface area contributed by atoms with Gasteiger partial charge in [0.05, 0.1) is 0 Å². The average Bonchev–Trinajstić information content (AvgIpc) is 2.86. The summed E-state index contributed by atoms with van der Waals surface area (Å²) < 4.78 is 0. The van der Waals surface area contributed by atoms with Crippen LogP contribution in [0.15, 0.2) is 0 Å². The molecule has 1 nitrogen and oxygen atoms in total. The van der Waals surface area contributed by atoms with Gasteiger partial charge in [-0.05, 0) is 18.6 Å². The van der Waals surface area contributed by atoms with Gasteiger partial charge in [-0.25, -0.2) is 0 Å². The van der Waals surface area contributed by atoms with Gasteiger partial charge in [0.2, 0.25) is 0 Å². The zero-order valence-corrected chi connectivity index (χ0v) is 9.33. The van der Waals surface area contributed by atoms with Crippen molar-refractivity contribution in [3.8, 4) is 0 Å². The number of hydrogen-bond acceptors (Lipinski definition) is 2. The van der Waals surface area contributed by atoms with E-state index < -0.39 is 0 Å². The molecule has 0 amide bonds. The van der Waals surface area contributed by atoms with Crippen molar-refractivity contribution in [3.63, 3.8) is 0 Å². The lowest BCUT2D eigenvalue weighted by atomic mass is 10.5. The maximum Gasteiger partial charge on any atom is 0.0351 e. The Morgan fingerprint density at radius 3 is 2.67 bits per heavy atom. The molecule has 1 aliphatic rings. The smallest absolute Gasteiger partial charge is 0.0351 e. The van der Waals surface area contributed by atoms with Crippen molar-refractivity contribution in [1.29, 1.82) is 0 Å². The molecule has 1 saturated carbocycles. The van der Waals surface area contributed by atoms with Gasteiger partial charge >= 0.3 is 0 Å². The molecule has 1 rings (SSSR count). The highest BCUT2D eigenvalue weighted by atomic mass is 35.5. The maximum absolute atomic E-state index is 5.73. The molecule has 0 atom stereocenters. The molecular weight excluding hydrogens is 190 g/mol. The Hall–Kier alpha value is 0.600. The van der Waals surface area contributed by atoms with Crippen LogP contribution in [0.25, 0.3) is 0 Å². The molecule has 0 bridgehead atoms. The first-order valence-corrected chi connectivity index (χ1v) is 6.45. The molecule has 0 saturated heterocycles. The third kappa shape index (κ3) is 4.01. The van der Waals surface area contributed by atoms with E-state index in [1.165, 1.54) is 30.9 Å². The fourth-order valence-electron chi connectivity index (χ4n) is 1.35. The van der Waals surface area contributed by atoms with E-state index in [0.29, 0.717) is 0 Å². The van der Waals surface area contributed by atoms with Crippen LogP contribution in [0.3, 0.4) is 0 Å². The van der Waals surface area contributed by atoms with Crippen molar-refractivity contribution < 1.29 is 0 Å². The summed E-state index contributed by atoms with van der Waals surface area (Å²) in [5.74, 6) is 3.29. The molecule has 0 spiro atoms. The molecule has 12 heavy (non-hydrogen) atoms. The number of thioether (sulfide) groups is 1. The highest BCUT2D eigenvalue weighted by Gasteiger charge is 2.27. The molecule has 0 heterocycles. The number of rotatable bonds is 7. The Morgan fingerprint density at radius 1 is 1.42 bits per heavy atom. The van der Waals surface area contributed by atoms with Gasteiger partial charge in [-0.15, -0.1) is 11.6 Å². The third-order valence-corrected chi connectivity index (χ3v) is 3.21. The monoisotopic (exact) mass is 207 g/mol. The van der Waals surface area contributed by atoms with E-state index in [1.54, 1.807) is 0 Å². The summed E-state index contributed by atoms with van der Waals surface area (Å²) in [7, 11) is 0. The highest BCUT2D eigenvalue weighted by molar-refractivity contribution is 7.99. The molecule has 0 aromatic heterocycles. The largest absolute Gasteiger partial charge is 0.298 e. The molecule has 0 unspecified atom stereocenters. The van der Waals surface area contributed by atoms with Gasteiger partial charge in [0.15, 0.2) is 0 Å². The first-order chi connectivity index (χ1) is 5.88. The van der Waals surface area contributed by atoms with Gasteiger partial charge in [-0.2, -0.15) is 11.8 Å². The van der Waals surface area contributed by atoms with Gasteiger partial charge in [0.1, 0.15) is 0 Å². The molecule has 0 N–H and O–H groups in total. The Labute approximate surface area is 84.8 Å². The van der Waals surface area contributed by atoms with E-state index in [0.717, 1.165) is 18.5 Å². The number of hydrogen-bond donors (Lipinski definition) is 0. The van der Waals surface area contributed by atoms with E-state index in [4.69, 9.17) is 11.6 Å². The zero-order chi connectivity index (χ0) is 8.81. The molecule has 0 aromatic rings. The quantitative estimate of drug-likeness (QED) is 0.466. The number of halogens is 1. The van der Waals surface area contributed by atoms with Crippen LogP contribution in [-0.2, 0) is 0 Å². The number of nitrogens with zero attached hydrogens (tertiary/aromatic N) is 1. The summed E-state index contributed by atoms with van der Waals surface area (Å²) in [4.78, 5) is 2.54. The van der Waals surface area contributed by atoms with Crippen LogP contribution in [0, 0.1) is 0 Å². The topological polar surface area (TPSA) is 3.24 Å². The molecule has 0 aliphatic heterocycles. The molecule has 1 aliphatic carbocycles. The van der Waals surface area contributed by atoms with Crippen LogP contribution in [0.5, 0.6) is 0 Å². The molecule has 0 aromatic carbocycles. The summed E-state index contributed by atoms with van der Waals surface area (Å²) in [5.41, 5.74) is 0. The summed E-state index contributed by atoms with van der Waals surface area (Å²) >= 11 is 7.76. The highest BCUT2D eigenvalue weighted by Crippen LogP contribution is 2.26. The van der Waals surface area contributed by atoms with Gasteiger partial charge in [-0.1, -0.05) is 6.92 Å². The van der Waals surface area contributed by atoms with Crippen LogP contribution in [0.2, 0.25) is 0 Å². The molecule has 1 fully saturated rings. The van der Waals surface area contributed by atoms with Crippen molar-refractivity contribution in [2.24, 2.45) is 0 Å². The maximum atomic E-state index is 5.73. The van der Waals surface area contributed by atoms with Crippen molar-refractivity contribution in [2.45, 2.75) is 25.8 Å². The lowest BCUT2D eigenvalue weighted by molar-refractivity contribution is 0.298. The van der Waals surface area contributed by atoms with E-state index in [1.807, 2.05) is 11.8 Å². The standard InChI is InChI=1S/C9H18ClNS/c1-2-12-8-7-11(6-5-10)9-3-4-9/h9H,2-8H2,1H3. The minimum atomic E-state index is 0.785. The second-order valence-corrected chi connectivity index (χ2v) is 4.92. The van der Waals surface area contributed by atoms with E-state index in [2.05, 4.69) is 11.8 Å². The average molecular weight is 208 g/mol. The lowest BCUT2D eigenvalue weighted by Gasteiger charge is -2.19. The first kappa shape index (κ1) is 10.7. The van der Waals surface area contributed by atoms with Crippen LogP contribution in [-0.4, -0.2) is 41.4 Å². The van der Waals surface area contributed by atoms with Crippen molar-refractivity contribution in [3.05, 3.63) is 0 Å². The van der Waals surface area contributed by atoms with Gasteiger partial charge < -0.3 is 0 Å². The second-order valence-electron chi connectivity index (χ2n) is 3.15. The Kier molecular flexibility index (Phi) is 5.44. The summed E-state index contributed by atoms with van der Waals surface area (Å²) in [6.45, 7) is 4.53. The molecule has 3 heteroatoms. The zero-order valence-electron chi connectivity index (χ0n) is 7.76. The SMILES string of the molecule is CCSCCN(CCCl)C1CC1. The predicted octanol–water partition coefficient (Wildman–Crippen LogP) is 2.44. The van der Waals surface area contributed by atoms with Crippen molar-refractivity contribution in [2.75, 3.05) is 30.5 Å². The summed E-state index contributed by atoms with van der Waals surface area (Å²) in [6.07, 6.45) is 2.79. The molecular formula is C9H18ClNS. The van der Waals surface area contributed by atoms with Crippen LogP contribution >= 0.6 is 23.4 Å². The fraction of sp³-hybridized carbons (Fsp3) is 1.00. The fourth-order valence-corrected chi connectivity index (χ4v) is 2.22. The van der Waals surface area contributed by atoms with Crippen molar-refractivity contribution >= 4 is 23.4 Å². The Morgan fingerprint density at radius 2 is 2.17 bits per heavy atom. The summed E-state index contributed by atoms with van der Waals surface area (Å²) in [5, 5.41) is 0. The van der Waals surface area contributed by atoms with Gasteiger partial charge in [0.25, 0.3) is 0 Å². The minimum Gasteiger partial charge on any atom is -0.298 e.